The van der Waals surface area contributed by atoms with E-state index in [1.165, 1.54) is 28.1 Å². The second kappa shape index (κ2) is 4.12. The van der Waals surface area contributed by atoms with Gasteiger partial charge in [0.1, 0.15) is 0 Å². The third kappa shape index (κ3) is 2.14. The molecular weight excluding hydrogens is 170 g/mol. The monoisotopic (exact) mass is 191 g/mol. The summed E-state index contributed by atoms with van der Waals surface area (Å²) in [5.41, 5.74) is 6.59. The minimum Gasteiger partial charge on any atom is -0.258 e. The van der Waals surface area contributed by atoms with Gasteiger partial charge in [0, 0.05) is 11.4 Å². The zero-order chi connectivity index (χ0) is 10.9. The van der Waals surface area contributed by atoms with Gasteiger partial charge in [-0.25, -0.2) is 0 Å². The summed E-state index contributed by atoms with van der Waals surface area (Å²) in [4.78, 5) is 4.67. The molecule has 0 unspecified atom stereocenters. The topological polar surface area (TPSA) is 12.9 Å². The van der Waals surface area contributed by atoms with Crippen molar-refractivity contribution in [2.75, 3.05) is 0 Å². The molecule has 1 heteroatoms. The van der Waals surface area contributed by atoms with Crippen LogP contribution in [0.4, 0.5) is 0 Å². The van der Waals surface area contributed by atoms with Crippen LogP contribution in [-0.4, -0.2) is 4.98 Å². The Morgan fingerprint density at radius 3 is 2.00 bits per heavy atom. The van der Waals surface area contributed by atoms with Crippen LogP contribution >= 0.6 is 0 Å². The van der Waals surface area contributed by atoms with Crippen LogP contribution in [0.2, 0.25) is 0 Å². The molecule has 78 valence electrons. The zero-order valence-electron chi connectivity index (χ0n) is 10.2. The van der Waals surface area contributed by atoms with Gasteiger partial charge in [-0.05, 0) is 56.7 Å². The van der Waals surface area contributed by atoms with E-state index in [0.29, 0.717) is 5.92 Å². The van der Waals surface area contributed by atoms with Crippen LogP contribution in [0.1, 0.15) is 41.9 Å². The summed E-state index contributed by atoms with van der Waals surface area (Å²) < 4.78 is 0. The van der Waals surface area contributed by atoms with Crippen LogP contribution < -0.4 is 0 Å². The molecule has 0 aromatic carbocycles. The van der Waals surface area contributed by atoms with Gasteiger partial charge in [0.05, 0.1) is 0 Å². The van der Waals surface area contributed by atoms with Crippen molar-refractivity contribution in [3.63, 3.8) is 0 Å². The number of pyridine rings is 1. The van der Waals surface area contributed by atoms with Crippen LogP contribution in [0.3, 0.4) is 0 Å². The minimum atomic E-state index is 0.683. The number of aryl methyl sites for hydroxylation is 1. The summed E-state index contributed by atoms with van der Waals surface area (Å²) >= 11 is 0. The molecule has 1 aromatic rings. The first-order chi connectivity index (χ1) is 6.43. The molecule has 0 aliphatic rings. The molecule has 0 fully saturated rings. The van der Waals surface area contributed by atoms with E-state index in [9.17, 15) is 0 Å². The van der Waals surface area contributed by atoms with Gasteiger partial charge < -0.3 is 0 Å². The molecule has 1 rings (SSSR count). The first-order valence-electron chi connectivity index (χ1n) is 5.36. The summed E-state index contributed by atoms with van der Waals surface area (Å²) in [5, 5.41) is 0. The summed E-state index contributed by atoms with van der Waals surface area (Å²) in [6, 6.07) is 0. The molecule has 0 saturated carbocycles. The molecular formula is C13H21N. The third-order valence-corrected chi connectivity index (χ3v) is 3.00. The van der Waals surface area contributed by atoms with Crippen LogP contribution in [0.15, 0.2) is 0 Å². The van der Waals surface area contributed by atoms with Gasteiger partial charge in [-0.2, -0.15) is 0 Å². The Morgan fingerprint density at radius 2 is 1.50 bits per heavy atom. The van der Waals surface area contributed by atoms with E-state index in [1.54, 1.807) is 0 Å². The molecule has 0 aliphatic carbocycles. The van der Waals surface area contributed by atoms with Crippen LogP contribution in [0, 0.1) is 33.6 Å². The van der Waals surface area contributed by atoms with E-state index in [0.717, 1.165) is 6.42 Å². The number of rotatable bonds is 2. The van der Waals surface area contributed by atoms with Crippen molar-refractivity contribution in [1.29, 1.82) is 0 Å². The summed E-state index contributed by atoms with van der Waals surface area (Å²) in [6.45, 7) is 13.1. The van der Waals surface area contributed by atoms with Gasteiger partial charge in [0.15, 0.2) is 0 Å². The first kappa shape index (κ1) is 11.2. The highest BCUT2D eigenvalue weighted by Crippen LogP contribution is 2.20. The fraction of sp³-hybridized carbons (Fsp3) is 0.615. The fourth-order valence-corrected chi connectivity index (χ4v) is 1.72. The SMILES string of the molecule is Cc1nc(CC(C)C)c(C)c(C)c1C. The molecule has 0 bridgehead atoms. The Morgan fingerprint density at radius 1 is 0.929 bits per heavy atom. The first-order valence-corrected chi connectivity index (χ1v) is 5.36. The van der Waals surface area contributed by atoms with Crippen molar-refractivity contribution in [2.24, 2.45) is 5.92 Å². The van der Waals surface area contributed by atoms with Crippen molar-refractivity contribution in [3.05, 3.63) is 28.1 Å². The van der Waals surface area contributed by atoms with Crippen LogP contribution in [0.5, 0.6) is 0 Å². The molecule has 0 saturated heterocycles. The lowest BCUT2D eigenvalue weighted by Gasteiger charge is -2.14. The zero-order valence-corrected chi connectivity index (χ0v) is 10.2. The normalized spacial score (nSPS) is 11.1. The van der Waals surface area contributed by atoms with Crippen LogP contribution in [-0.2, 0) is 6.42 Å². The smallest absolute Gasteiger partial charge is 0.0441 e. The Labute approximate surface area is 87.6 Å². The summed E-state index contributed by atoms with van der Waals surface area (Å²) in [6.07, 6.45) is 1.09. The molecule has 1 heterocycles. The average molecular weight is 191 g/mol. The van der Waals surface area contributed by atoms with E-state index >= 15 is 0 Å². The Bertz CT molecular complexity index is 338. The lowest BCUT2D eigenvalue weighted by atomic mass is 9.97. The maximum absolute atomic E-state index is 4.67. The molecule has 1 nitrogen and oxygen atoms in total. The van der Waals surface area contributed by atoms with E-state index in [-0.39, 0.29) is 0 Å². The van der Waals surface area contributed by atoms with Crippen molar-refractivity contribution in [1.82, 2.24) is 4.98 Å². The van der Waals surface area contributed by atoms with Gasteiger partial charge in [0.2, 0.25) is 0 Å². The largest absolute Gasteiger partial charge is 0.258 e. The van der Waals surface area contributed by atoms with Crippen molar-refractivity contribution >= 4 is 0 Å². The lowest BCUT2D eigenvalue weighted by molar-refractivity contribution is 0.630. The molecule has 1 aromatic heterocycles. The van der Waals surface area contributed by atoms with Gasteiger partial charge >= 0.3 is 0 Å². The van der Waals surface area contributed by atoms with E-state index in [4.69, 9.17) is 0 Å². The van der Waals surface area contributed by atoms with Crippen LogP contribution in [0.25, 0.3) is 0 Å². The van der Waals surface area contributed by atoms with Crippen molar-refractivity contribution in [3.8, 4) is 0 Å². The molecule has 0 spiro atoms. The molecule has 0 radical (unpaired) electrons. The van der Waals surface area contributed by atoms with E-state index in [2.05, 4.69) is 46.5 Å². The maximum Gasteiger partial charge on any atom is 0.0441 e. The molecule has 0 N–H and O–H groups in total. The molecule has 14 heavy (non-hydrogen) atoms. The van der Waals surface area contributed by atoms with Gasteiger partial charge in [-0.3, -0.25) is 4.98 Å². The van der Waals surface area contributed by atoms with Gasteiger partial charge in [-0.1, -0.05) is 13.8 Å². The summed E-state index contributed by atoms with van der Waals surface area (Å²) in [7, 11) is 0. The van der Waals surface area contributed by atoms with Gasteiger partial charge in [-0.15, -0.1) is 0 Å². The molecule has 0 amide bonds. The maximum atomic E-state index is 4.67. The lowest BCUT2D eigenvalue weighted by Crippen LogP contribution is -2.05. The fourth-order valence-electron chi connectivity index (χ4n) is 1.72. The Hall–Kier alpha value is -0.850. The standard InChI is InChI=1S/C13H21N/c1-8(2)7-13-11(5)9(3)10(4)12(6)14-13/h8H,7H2,1-6H3. The second-order valence-corrected chi connectivity index (χ2v) is 4.62. The molecule has 0 aliphatic heterocycles. The highest BCUT2D eigenvalue weighted by atomic mass is 14.7. The predicted molar refractivity (Wildman–Crippen MR) is 61.7 cm³/mol. The number of hydrogen-bond donors (Lipinski definition) is 0. The Kier molecular flexibility index (Phi) is 3.30. The average Bonchev–Trinajstić information content (AvgIpc) is 2.10. The highest BCUT2D eigenvalue weighted by molar-refractivity contribution is 5.37. The minimum absolute atomic E-state index is 0.683. The second-order valence-electron chi connectivity index (χ2n) is 4.62. The number of aromatic nitrogens is 1. The highest BCUT2D eigenvalue weighted by Gasteiger charge is 2.09. The summed E-state index contributed by atoms with van der Waals surface area (Å²) in [5.74, 6) is 0.683. The number of nitrogens with zero attached hydrogens (tertiary/aromatic N) is 1. The third-order valence-electron chi connectivity index (χ3n) is 3.00. The van der Waals surface area contributed by atoms with E-state index < -0.39 is 0 Å². The molecule has 0 atom stereocenters. The Balaban J connectivity index is 3.19. The predicted octanol–water partition coefficient (Wildman–Crippen LogP) is 3.51. The number of hydrogen-bond acceptors (Lipinski definition) is 1. The van der Waals surface area contributed by atoms with E-state index in [1.807, 2.05) is 0 Å². The van der Waals surface area contributed by atoms with Crippen molar-refractivity contribution in [2.45, 2.75) is 48.0 Å². The van der Waals surface area contributed by atoms with Gasteiger partial charge in [0.25, 0.3) is 0 Å². The van der Waals surface area contributed by atoms with Crippen molar-refractivity contribution < 1.29 is 0 Å². The quantitative estimate of drug-likeness (QED) is 0.697.